The van der Waals surface area contributed by atoms with E-state index in [-0.39, 0.29) is 16.9 Å². The van der Waals surface area contributed by atoms with Crippen molar-refractivity contribution in [3.63, 3.8) is 0 Å². The molecule has 1 rings (SSSR count). The first kappa shape index (κ1) is 20.5. The van der Waals surface area contributed by atoms with Crippen LogP contribution in [0.3, 0.4) is 0 Å². The molecule has 1 aromatic carbocycles. The Morgan fingerprint density at radius 1 is 1.04 bits per heavy atom. The van der Waals surface area contributed by atoms with Gasteiger partial charge >= 0.3 is 11.9 Å². The number of carbonyl (C=O) groups is 3. The van der Waals surface area contributed by atoms with E-state index < -0.39 is 34.9 Å². The molecule has 0 spiro atoms. The molecule has 0 aliphatic rings. The highest BCUT2D eigenvalue weighted by atomic mass is 16.6. The van der Waals surface area contributed by atoms with Crippen LogP contribution in [-0.4, -0.2) is 39.7 Å². The number of aromatic hydroxyl groups is 1. The number of hydrogen-bond acceptors (Lipinski definition) is 5. The first-order chi connectivity index (χ1) is 11.2. The van der Waals surface area contributed by atoms with Crippen LogP contribution in [0.25, 0.3) is 0 Å². The first-order valence-corrected chi connectivity index (χ1v) is 7.82. The maximum absolute atomic E-state index is 12.5. The average Bonchev–Trinajstić information content (AvgIpc) is 2.40. The molecule has 138 valence electrons. The van der Waals surface area contributed by atoms with Gasteiger partial charge in [0.15, 0.2) is 0 Å². The van der Waals surface area contributed by atoms with Gasteiger partial charge in [-0.05, 0) is 44.4 Å². The molecule has 0 aliphatic heterocycles. The quantitative estimate of drug-likeness (QED) is 0.719. The molecule has 3 N–H and O–H groups in total. The lowest BCUT2D eigenvalue weighted by Crippen LogP contribution is -2.51. The van der Waals surface area contributed by atoms with E-state index in [9.17, 15) is 24.6 Å². The second-order valence-electron chi connectivity index (χ2n) is 7.84. The zero-order chi connectivity index (χ0) is 19.6. The predicted octanol–water partition coefficient (Wildman–Crippen LogP) is 2.58. The van der Waals surface area contributed by atoms with Crippen LogP contribution in [0.15, 0.2) is 18.2 Å². The number of aromatic carboxylic acids is 1. The van der Waals surface area contributed by atoms with E-state index in [4.69, 9.17) is 4.74 Å². The monoisotopic (exact) mass is 351 g/mol. The van der Waals surface area contributed by atoms with Gasteiger partial charge in [0.1, 0.15) is 17.4 Å². The molecular weight excluding hydrogens is 326 g/mol. The van der Waals surface area contributed by atoms with Gasteiger partial charge in [0.2, 0.25) is 0 Å². The number of phenolic OH excluding ortho intramolecular Hbond substituents is 1. The average molecular weight is 351 g/mol. The van der Waals surface area contributed by atoms with E-state index >= 15 is 0 Å². The Kier molecular flexibility index (Phi) is 5.84. The zero-order valence-electron chi connectivity index (χ0n) is 15.3. The van der Waals surface area contributed by atoms with Crippen LogP contribution < -0.4 is 5.32 Å². The summed E-state index contributed by atoms with van der Waals surface area (Å²) in [4.78, 5) is 36.3. The third-order valence-electron chi connectivity index (χ3n) is 3.26. The molecule has 1 atom stereocenters. The van der Waals surface area contributed by atoms with Crippen molar-refractivity contribution in [3.8, 4) is 5.75 Å². The van der Waals surface area contributed by atoms with Crippen LogP contribution in [0.4, 0.5) is 0 Å². The van der Waals surface area contributed by atoms with Crippen molar-refractivity contribution in [2.45, 2.75) is 53.2 Å². The summed E-state index contributed by atoms with van der Waals surface area (Å²) in [5, 5.41) is 21.2. The van der Waals surface area contributed by atoms with Crippen molar-refractivity contribution >= 4 is 17.8 Å². The number of benzene rings is 1. The van der Waals surface area contributed by atoms with Gasteiger partial charge in [0, 0.05) is 0 Å². The molecule has 0 aromatic heterocycles. The standard InChI is InChI=1S/C18H25NO6/c1-17(2,3)13(16(24)25-18(4,5)6)19-14(21)11-8-7-10(20)9-12(11)15(22)23/h7-9,13,20H,1-6H3,(H,19,21)(H,22,23)/t13-/m1/s1. The molecule has 0 fully saturated rings. The minimum atomic E-state index is -1.36. The zero-order valence-corrected chi connectivity index (χ0v) is 15.3. The van der Waals surface area contributed by atoms with Crippen molar-refractivity contribution in [1.82, 2.24) is 5.32 Å². The van der Waals surface area contributed by atoms with Crippen LogP contribution in [0.5, 0.6) is 5.75 Å². The van der Waals surface area contributed by atoms with Crippen molar-refractivity contribution in [1.29, 1.82) is 0 Å². The normalized spacial score (nSPS) is 13.0. The molecule has 7 heteroatoms. The summed E-state index contributed by atoms with van der Waals surface area (Å²) in [6.45, 7) is 10.4. The number of nitrogens with one attached hydrogen (secondary N) is 1. The molecule has 25 heavy (non-hydrogen) atoms. The Hall–Kier alpha value is -2.57. The van der Waals surface area contributed by atoms with Crippen LogP contribution in [-0.2, 0) is 9.53 Å². The van der Waals surface area contributed by atoms with Crippen molar-refractivity contribution in [2.24, 2.45) is 5.41 Å². The fourth-order valence-corrected chi connectivity index (χ4v) is 2.11. The second kappa shape index (κ2) is 7.13. The summed E-state index contributed by atoms with van der Waals surface area (Å²) in [5.41, 5.74) is -1.88. The largest absolute Gasteiger partial charge is 0.508 e. The minimum Gasteiger partial charge on any atom is -0.508 e. The van der Waals surface area contributed by atoms with E-state index in [1.165, 1.54) is 12.1 Å². The Balaban J connectivity index is 3.16. The number of hydrogen-bond donors (Lipinski definition) is 3. The van der Waals surface area contributed by atoms with Crippen LogP contribution in [0, 0.1) is 5.41 Å². The fraction of sp³-hybridized carbons (Fsp3) is 0.500. The summed E-state index contributed by atoms with van der Waals surface area (Å²) in [6.07, 6.45) is 0. The van der Waals surface area contributed by atoms with E-state index in [1.807, 2.05) is 0 Å². The van der Waals surface area contributed by atoms with Gasteiger partial charge < -0.3 is 20.3 Å². The summed E-state index contributed by atoms with van der Waals surface area (Å²) in [5.74, 6) is -2.97. The highest BCUT2D eigenvalue weighted by Gasteiger charge is 2.36. The molecule has 0 aliphatic carbocycles. The van der Waals surface area contributed by atoms with Gasteiger partial charge in [0.05, 0.1) is 11.1 Å². The molecule has 0 saturated heterocycles. The van der Waals surface area contributed by atoms with E-state index in [0.717, 1.165) is 6.07 Å². The maximum Gasteiger partial charge on any atom is 0.336 e. The number of esters is 1. The van der Waals surface area contributed by atoms with Gasteiger partial charge in [-0.15, -0.1) is 0 Å². The number of carboxylic acids is 1. The number of amides is 1. The first-order valence-electron chi connectivity index (χ1n) is 7.82. The highest BCUT2D eigenvalue weighted by molar-refractivity contribution is 6.06. The van der Waals surface area contributed by atoms with Crippen molar-refractivity contribution < 1.29 is 29.3 Å². The molecule has 0 unspecified atom stereocenters. The number of carbonyl (C=O) groups excluding carboxylic acids is 2. The van der Waals surface area contributed by atoms with Crippen molar-refractivity contribution in [2.75, 3.05) is 0 Å². The topological polar surface area (TPSA) is 113 Å². The molecule has 0 heterocycles. The summed E-state index contributed by atoms with van der Waals surface area (Å²) < 4.78 is 5.35. The second-order valence-corrected chi connectivity index (χ2v) is 7.84. The summed E-state index contributed by atoms with van der Waals surface area (Å²) in [7, 11) is 0. The van der Waals surface area contributed by atoms with Gasteiger partial charge in [-0.3, -0.25) is 4.79 Å². The predicted molar refractivity (Wildman–Crippen MR) is 91.6 cm³/mol. The number of ether oxygens (including phenoxy) is 1. The maximum atomic E-state index is 12.5. The van der Waals surface area contributed by atoms with Gasteiger partial charge in [-0.25, -0.2) is 9.59 Å². The van der Waals surface area contributed by atoms with E-state index in [0.29, 0.717) is 0 Å². The molecule has 0 bridgehead atoms. The molecule has 0 saturated carbocycles. The van der Waals surface area contributed by atoms with Gasteiger partial charge in [-0.1, -0.05) is 20.8 Å². The summed E-state index contributed by atoms with van der Waals surface area (Å²) in [6, 6.07) is 2.41. The molecule has 7 nitrogen and oxygen atoms in total. The molecular formula is C18H25NO6. The Morgan fingerprint density at radius 2 is 1.60 bits per heavy atom. The summed E-state index contributed by atoms with van der Waals surface area (Å²) >= 11 is 0. The van der Waals surface area contributed by atoms with Gasteiger partial charge in [-0.2, -0.15) is 0 Å². The molecule has 1 amide bonds. The lowest BCUT2D eigenvalue weighted by molar-refractivity contribution is -0.160. The third-order valence-corrected chi connectivity index (χ3v) is 3.26. The number of phenols is 1. The smallest absolute Gasteiger partial charge is 0.336 e. The number of rotatable bonds is 4. The Morgan fingerprint density at radius 3 is 2.04 bits per heavy atom. The third kappa shape index (κ3) is 5.77. The fourth-order valence-electron chi connectivity index (χ4n) is 2.11. The van der Waals surface area contributed by atoms with Gasteiger partial charge in [0.25, 0.3) is 5.91 Å². The molecule has 1 aromatic rings. The number of carboxylic acid groups (broad SMARTS) is 1. The minimum absolute atomic E-state index is 0.150. The van der Waals surface area contributed by atoms with Crippen LogP contribution in [0.2, 0.25) is 0 Å². The highest BCUT2D eigenvalue weighted by Crippen LogP contribution is 2.24. The van der Waals surface area contributed by atoms with Crippen molar-refractivity contribution in [3.05, 3.63) is 29.3 Å². The Labute approximate surface area is 147 Å². The lowest BCUT2D eigenvalue weighted by atomic mass is 9.86. The molecule has 0 radical (unpaired) electrons. The SMILES string of the molecule is CC(C)(C)OC(=O)[C@@H](NC(=O)c1ccc(O)cc1C(=O)O)C(C)(C)C. The van der Waals surface area contributed by atoms with Crippen LogP contribution in [0.1, 0.15) is 62.3 Å². The van der Waals surface area contributed by atoms with Crippen LogP contribution >= 0.6 is 0 Å². The Bertz CT molecular complexity index is 682. The van der Waals surface area contributed by atoms with E-state index in [2.05, 4.69) is 5.32 Å². The lowest BCUT2D eigenvalue weighted by Gasteiger charge is -2.32. The van der Waals surface area contributed by atoms with E-state index in [1.54, 1.807) is 41.5 Å².